The van der Waals surface area contributed by atoms with E-state index in [1.807, 2.05) is 0 Å². The minimum Gasteiger partial charge on any atom is -0.465 e. The Labute approximate surface area is 140 Å². The molecular formula is C19H11FO5. The van der Waals surface area contributed by atoms with Crippen molar-refractivity contribution in [1.82, 2.24) is 0 Å². The fourth-order valence-corrected chi connectivity index (χ4v) is 2.70. The molecular weight excluding hydrogens is 327 g/mol. The molecule has 124 valence electrons. The minimum absolute atomic E-state index is 0.227. The third kappa shape index (κ3) is 2.48. The molecule has 0 aliphatic rings. The van der Waals surface area contributed by atoms with Crippen LogP contribution in [0, 0.1) is 5.82 Å². The third-order valence-electron chi connectivity index (χ3n) is 3.93. The Hall–Kier alpha value is -3.41. The first-order valence-corrected chi connectivity index (χ1v) is 7.41. The molecule has 2 heterocycles. The first-order valence-electron chi connectivity index (χ1n) is 7.41. The molecule has 6 heteroatoms. The van der Waals surface area contributed by atoms with Gasteiger partial charge >= 0.3 is 11.6 Å². The highest BCUT2D eigenvalue weighted by molar-refractivity contribution is 6.02. The largest absolute Gasteiger partial charge is 0.465 e. The van der Waals surface area contributed by atoms with Crippen LogP contribution in [0.3, 0.4) is 0 Å². The molecule has 0 aliphatic heterocycles. The first kappa shape index (κ1) is 15.1. The number of hydrogen-bond acceptors (Lipinski definition) is 5. The lowest BCUT2D eigenvalue weighted by Crippen LogP contribution is -2.00. The van der Waals surface area contributed by atoms with E-state index in [1.54, 1.807) is 30.3 Å². The maximum Gasteiger partial charge on any atom is 0.347 e. The number of carbonyl (C=O) groups excluding carboxylic acids is 1. The van der Waals surface area contributed by atoms with Gasteiger partial charge in [0, 0.05) is 5.56 Å². The molecule has 4 aromatic rings. The summed E-state index contributed by atoms with van der Waals surface area (Å²) in [4.78, 5) is 23.6. The van der Waals surface area contributed by atoms with Gasteiger partial charge in [-0.1, -0.05) is 12.1 Å². The standard InChI is InChI=1S/C19H11FO5/c1-23-18(21)11-4-2-10(3-5-11)16-9-14-17(24-16)13-8-12(20)6-7-15(13)25-19(14)22/h2-9H,1H3. The summed E-state index contributed by atoms with van der Waals surface area (Å²) in [6.45, 7) is 0. The van der Waals surface area contributed by atoms with Gasteiger partial charge in [0.25, 0.3) is 0 Å². The van der Waals surface area contributed by atoms with E-state index < -0.39 is 17.4 Å². The lowest BCUT2D eigenvalue weighted by Gasteiger charge is -2.00. The molecule has 4 rings (SSSR count). The summed E-state index contributed by atoms with van der Waals surface area (Å²) in [5, 5.41) is 0.608. The molecule has 0 atom stereocenters. The zero-order chi connectivity index (χ0) is 17.6. The van der Waals surface area contributed by atoms with Crippen LogP contribution in [0.4, 0.5) is 4.39 Å². The first-order chi connectivity index (χ1) is 12.1. The van der Waals surface area contributed by atoms with Crippen molar-refractivity contribution in [3.05, 3.63) is 70.3 Å². The molecule has 0 bridgehead atoms. The molecule has 2 aromatic carbocycles. The molecule has 0 spiro atoms. The van der Waals surface area contributed by atoms with Crippen LogP contribution in [-0.2, 0) is 4.74 Å². The van der Waals surface area contributed by atoms with Gasteiger partial charge in [-0.2, -0.15) is 0 Å². The summed E-state index contributed by atoms with van der Waals surface area (Å²) in [5.74, 6) is -0.489. The molecule has 5 nitrogen and oxygen atoms in total. The van der Waals surface area contributed by atoms with Crippen LogP contribution in [0.15, 0.2) is 62.2 Å². The number of ether oxygens (including phenoxy) is 1. The summed E-state index contributed by atoms with van der Waals surface area (Å²) in [6, 6.07) is 11.9. The van der Waals surface area contributed by atoms with Crippen LogP contribution < -0.4 is 5.63 Å². The lowest BCUT2D eigenvalue weighted by atomic mass is 10.1. The number of esters is 1. The van der Waals surface area contributed by atoms with Crippen molar-refractivity contribution in [1.29, 1.82) is 0 Å². The van der Waals surface area contributed by atoms with Crippen LogP contribution in [0.5, 0.6) is 0 Å². The highest BCUT2D eigenvalue weighted by Crippen LogP contribution is 2.31. The van der Waals surface area contributed by atoms with Gasteiger partial charge in [-0.3, -0.25) is 0 Å². The van der Waals surface area contributed by atoms with Gasteiger partial charge in [0.15, 0.2) is 5.58 Å². The van der Waals surface area contributed by atoms with Crippen LogP contribution in [0.25, 0.3) is 33.3 Å². The number of fused-ring (bicyclic) bond motifs is 3. The van der Waals surface area contributed by atoms with Crippen LogP contribution >= 0.6 is 0 Å². The second-order valence-corrected chi connectivity index (χ2v) is 5.45. The van der Waals surface area contributed by atoms with Gasteiger partial charge in [0.2, 0.25) is 0 Å². The molecule has 0 saturated heterocycles. The maximum absolute atomic E-state index is 13.5. The van der Waals surface area contributed by atoms with E-state index in [1.165, 1.54) is 25.3 Å². The summed E-state index contributed by atoms with van der Waals surface area (Å²) in [7, 11) is 1.30. The SMILES string of the molecule is COC(=O)c1ccc(-c2cc3c(=O)oc4ccc(F)cc4c3o2)cc1. The van der Waals surface area contributed by atoms with E-state index in [9.17, 15) is 14.0 Å². The average molecular weight is 338 g/mol. The van der Waals surface area contributed by atoms with Crippen molar-refractivity contribution in [3.63, 3.8) is 0 Å². The van der Waals surface area contributed by atoms with E-state index in [0.29, 0.717) is 22.3 Å². The predicted molar refractivity (Wildman–Crippen MR) is 89.0 cm³/mol. The fourth-order valence-electron chi connectivity index (χ4n) is 2.70. The molecule has 0 saturated carbocycles. The molecule has 0 unspecified atom stereocenters. The summed E-state index contributed by atoms with van der Waals surface area (Å²) >= 11 is 0. The van der Waals surface area contributed by atoms with Crippen molar-refractivity contribution < 1.29 is 22.8 Å². The highest BCUT2D eigenvalue weighted by atomic mass is 19.1. The second-order valence-electron chi connectivity index (χ2n) is 5.45. The number of carbonyl (C=O) groups is 1. The smallest absolute Gasteiger partial charge is 0.347 e. The Bertz CT molecular complexity index is 1170. The monoisotopic (exact) mass is 338 g/mol. The number of furan rings is 1. The number of benzene rings is 2. The Morgan fingerprint density at radius 2 is 1.76 bits per heavy atom. The normalized spacial score (nSPS) is 11.1. The van der Waals surface area contributed by atoms with E-state index in [0.717, 1.165) is 0 Å². The summed E-state index contributed by atoms with van der Waals surface area (Å²) < 4.78 is 29.2. The number of hydrogen-bond donors (Lipinski definition) is 0. The van der Waals surface area contributed by atoms with Crippen LogP contribution in [0.1, 0.15) is 10.4 Å². The highest BCUT2D eigenvalue weighted by Gasteiger charge is 2.15. The Morgan fingerprint density at radius 1 is 1.00 bits per heavy atom. The topological polar surface area (TPSA) is 69.7 Å². The van der Waals surface area contributed by atoms with Crippen molar-refractivity contribution >= 4 is 27.9 Å². The summed E-state index contributed by atoms with van der Waals surface area (Å²) in [5.41, 5.74) is 1.01. The van der Waals surface area contributed by atoms with Crippen LogP contribution in [0.2, 0.25) is 0 Å². The van der Waals surface area contributed by atoms with Gasteiger partial charge in [-0.15, -0.1) is 0 Å². The van der Waals surface area contributed by atoms with Crippen molar-refractivity contribution in [2.45, 2.75) is 0 Å². The van der Waals surface area contributed by atoms with Crippen molar-refractivity contribution in [2.24, 2.45) is 0 Å². The Kier molecular flexibility index (Phi) is 3.39. The summed E-state index contributed by atoms with van der Waals surface area (Å²) in [6.07, 6.45) is 0. The van der Waals surface area contributed by atoms with Crippen molar-refractivity contribution in [2.75, 3.05) is 7.11 Å². The number of methoxy groups -OCH3 is 1. The molecule has 0 amide bonds. The van der Waals surface area contributed by atoms with Gasteiger partial charge < -0.3 is 13.6 Å². The molecule has 25 heavy (non-hydrogen) atoms. The van der Waals surface area contributed by atoms with E-state index in [4.69, 9.17) is 8.83 Å². The molecule has 0 radical (unpaired) electrons. The molecule has 0 fully saturated rings. The predicted octanol–water partition coefficient (Wildman–Crippen LogP) is 4.13. The van der Waals surface area contributed by atoms with E-state index in [2.05, 4.69) is 4.74 Å². The Morgan fingerprint density at radius 3 is 2.48 bits per heavy atom. The zero-order valence-electron chi connectivity index (χ0n) is 13.0. The fraction of sp³-hybridized carbons (Fsp3) is 0.0526. The quantitative estimate of drug-likeness (QED) is 0.406. The molecule has 0 aliphatic carbocycles. The van der Waals surface area contributed by atoms with E-state index in [-0.39, 0.29) is 16.6 Å². The number of halogens is 1. The van der Waals surface area contributed by atoms with Gasteiger partial charge in [-0.05, 0) is 36.4 Å². The van der Waals surface area contributed by atoms with E-state index >= 15 is 0 Å². The average Bonchev–Trinajstić information content (AvgIpc) is 3.08. The minimum atomic E-state index is -0.560. The van der Waals surface area contributed by atoms with Crippen LogP contribution in [-0.4, -0.2) is 13.1 Å². The molecule has 0 N–H and O–H groups in total. The van der Waals surface area contributed by atoms with Crippen molar-refractivity contribution in [3.8, 4) is 11.3 Å². The number of rotatable bonds is 2. The molecule has 2 aromatic heterocycles. The lowest BCUT2D eigenvalue weighted by molar-refractivity contribution is 0.0600. The third-order valence-corrected chi connectivity index (χ3v) is 3.93. The zero-order valence-corrected chi connectivity index (χ0v) is 13.0. The van der Waals surface area contributed by atoms with Gasteiger partial charge in [0.1, 0.15) is 22.5 Å². The van der Waals surface area contributed by atoms with Gasteiger partial charge in [0.05, 0.1) is 18.1 Å². The maximum atomic E-state index is 13.5. The Balaban J connectivity index is 1.90. The second kappa shape index (κ2) is 5.59. The van der Waals surface area contributed by atoms with Gasteiger partial charge in [-0.25, -0.2) is 14.0 Å².